The number of carbonyl (C=O) groups is 6. The van der Waals surface area contributed by atoms with Crippen LogP contribution >= 0.6 is 0 Å². The molecule has 1 aromatic rings. The Morgan fingerprint density at radius 1 is 0.920 bits per heavy atom. The van der Waals surface area contributed by atoms with E-state index in [9.17, 15) is 41.9 Å². The van der Waals surface area contributed by atoms with Crippen LogP contribution < -0.4 is 21.3 Å². The summed E-state index contributed by atoms with van der Waals surface area (Å²) in [5.74, 6) is -5.46. The van der Waals surface area contributed by atoms with E-state index in [2.05, 4.69) is 26.0 Å². The lowest BCUT2D eigenvalue weighted by atomic mass is 9.74. The fourth-order valence-electron chi connectivity index (χ4n) is 7.08. The molecule has 6 atom stereocenters. The van der Waals surface area contributed by atoms with Crippen molar-refractivity contribution in [3.63, 3.8) is 0 Å². The Hall–Kier alpha value is -3.97. The van der Waals surface area contributed by atoms with E-state index >= 15 is 0 Å². The van der Waals surface area contributed by atoms with Crippen LogP contribution in [0.5, 0.6) is 0 Å². The third-order valence-electron chi connectivity index (χ3n) is 10.4. The predicted molar refractivity (Wildman–Crippen MR) is 176 cm³/mol. The molecule has 3 saturated carbocycles. The predicted octanol–water partition coefficient (Wildman–Crippen LogP) is 4.23. The highest BCUT2D eigenvalue weighted by molar-refractivity contribution is 6.38. The Morgan fingerprint density at radius 2 is 1.54 bits per heavy atom. The van der Waals surface area contributed by atoms with Gasteiger partial charge in [-0.15, -0.1) is 0 Å². The first-order valence-corrected chi connectivity index (χ1v) is 17.1. The number of alkyl carbamates (subject to hydrolysis) is 1. The minimum Gasteiger partial charge on any atom is -0.434 e. The molecule has 4 amide bonds. The van der Waals surface area contributed by atoms with Gasteiger partial charge in [0, 0.05) is 12.5 Å². The minimum absolute atomic E-state index is 0.0146. The number of nitrogens with one attached hydrogen (secondary N) is 4. The standard InChI is InChI=1S/C36H49F3N4O7/c1-33(2,3)29(43-32(49)50-35(6,7)36(37,38)39)27(45)21-16-22-26(34(22,4)5)25(21)30(47)42-23(15-19-13-14-19)28(46)31(48)41-18-24(44)40-17-20-11-9-8-10-12-20/h8-12,19,21-23,25-26,29H,13-18H2,1-7H3,(H,40,44)(H,41,48)(H,42,47)(H,43,49)/t21?,22-,23?,25-,26-,29+/m0/s1. The van der Waals surface area contributed by atoms with Gasteiger partial charge in [-0.25, -0.2) is 4.79 Å². The van der Waals surface area contributed by atoms with Crippen LogP contribution in [0.25, 0.3) is 0 Å². The first-order chi connectivity index (χ1) is 23.0. The van der Waals surface area contributed by atoms with Crippen molar-refractivity contribution in [2.24, 2.45) is 40.4 Å². The zero-order valence-electron chi connectivity index (χ0n) is 29.7. The van der Waals surface area contributed by atoms with E-state index in [1.54, 1.807) is 20.8 Å². The minimum atomic E-state index is -4.85. The van der Waals surface area contributed by atoms with Crippen LogP contribution in [-0.2, 0) is 35.3 Å². The quantitative estimate of drug-likeness (QED) is 0.211. The molecule has 11 nitrogen and oxygen atoms in total. The zero-order chi connectivity index (χ0) is 37.4. The lowest BCUT2D eigenvalue weighted by Gasteiger charge is -2.36. The van der Waals surface area contributed by atoms with Crippen molar-refractivity contribution in [3.8, 4) is 0 Å². The number of benzene rings is 1. The molecule has 2 unspecified atom stereocenters. The molecule has 276 valence electrons. The van der Waals surface area contributed by atoms with Gasteiger partial charge in [0.1, 0.15) is 0 Å². The van der Waals surface area contributed by atoms with Gasteiger partial charge in [-0.3, -0.25) is 24.0 Å². The molecule has 0 heterocycles. The molecule has 3 aliphatic rings. The maximum absolute atomic E-state index is 14.1. The summed E-state index contributed by atoms with van der Waals surface area (Å²) in [7, 11) is 0. The Balaban J connectivity index is 1.45. The van der Waals surface area contributed by atoms with Gasteiger partial charge in [0.05, 0.1) is 24.5 Å². The summed E-state index contributed by atoms with van der Waals surface area (Å²) < 4.78 is 44.9. The molecule has 3 aliphatic carbocycles. The fourth-order valence-corrected chi connectivity index (χ4v) is 7.08. The van der Waals surface area contributed by atoms with Crippen LogP contribution in [0.3, 0.4) is 0 Å². The molecular formula is C36H49F3N4O7. The van der Waals surface area contributed by atoms with Gasteiger partial charge in [-0.1, -0.05) is 77.8 Å². The third-order valence-corrected chi connectivity index (χ3v) is 10.4. The van der Waals surface area contributed by atoms with Crippen molar-refractivity contribution >= 4 is 35.4 Å². The maximum Gasteiger partial charge on any atom is 0.427 e. The number of Topliss-reactive ketones (excluding diaryl/α,β-unsaturated/α-hetero) is 2. The van der Waals surface area contributed by atoms with Crippen molar-refractivity contribution in [1.82, 2.24) is 21.3 Å². The van der Waals surface area contributed by atoms with Crippen LogP contribution in [0.15, 0.2) is 30.3 Å². The van der Waals surface area contributed by atoms with Crippen molar-refractivity contribution < 1.29 is 46.7 Å². The molecular weight excluding hydrogens is 657 g/mol. The van der Waals surface area contributed by atoms with Crippen molar-refractivity contribution in [1.29, 1.82) is 0 Å². The third kappa shape index (κ3) is 9.03. The smallest absolute Gasteiger partial charge is 0.427 e. The van der Waals surface area contributed by atoms with E-state index in [-0.39, 0.29) is 36.1 Å². The fraction of sp³-hybridized carbons (Fsp3) is 0.667. The first-order valence-electron chi connectivity index (χ1n) is 17.1. The van der Waals surface area contributed by atoms with E-state index in [0.717, 1.165) is 18.4 Å². The molecule has 3 fully saturated rings. The van der Waals surface area contributed by atoms with E-state index in [0.29, 0.717) is 20.3 Å². The highest BCUT2D eigenvalue weighted by Gasteiger charge is 2.70. The summed E-state index contributed by atoms with van der Waals surface area (Å²) in [6.45, 7) is 10.1. The zero-order valence-corrected chi connectivity index (χ0v) is 29.7. The maximum atomic E-state index is 14.1. The average Bonchev–Trinajstić information content (AvgIpc) is 3.87. The van der Waals surface area contributed by atoms with Crippen molar-refractivity contribution in [2.75, 3.05) is 6.54 Å². The molecule has 50 heavy (non-hydrogen) atoms. The van der Waals surface area contributed by atoms with E-state index in [4.69, 9.17) is 0 Å². The number of carbonyl (C=O) groups excluding carboxylic acids is 6. The number of fused-ring (bicyclic) bond motifs is 1. The molecule has 0 radical (unpaired) electrons. The van der Waals surface area contributed by atoms with E-state index < -0.39 is 83.0 Å². The molecule has 0 aromatic heterocycles. The second kappa shape index (κ2) is 14.3. The lowest BCUT2D eigenvalue weighted by Crippen LogP contribution is -2.56. The number of alkyl halides is 3. The highest BCUT2D eigenvalue weighted by Crippen LogP contribution is 2.71. The van der Waals surface area contributed by atoms with Gasteiger partial charge in [0.15, 0.2) is 5.78 Å². The second-order valence-corrected chi connectivity index (χ2v) is 16.1. The second-order valence-electron chi connectivity index (χ2n) is 16.1. The molecule has 0 spiro atoms. The van der Waals surface area contributed by atoms with E-state index in [1.807, 2.05) is 44.2 Å². The Morgan fingerprint density at radius 3 is 2.10 bits per heavy atom. The van der Waals surface area contributed by atoms with Crippen LogP contribution in [0.4, 0.5) is 18.0 Å². The van der Waals surface area contributed by atoms with Crippen LogP contribution in [0, 0.1) is 40.4 Å². The number of hydrogen-bond donors (Lipinski definition) is 4. The summed E-state index contributed by atoms with van der Waals surface area (Å²) in [5.41, 5.74) is -3.21. The van der Waals surface area contributed by atoms with Gasteiger partial charge in [-0.2, -0.15) is 13.2 Å². The molecule has 0 bridgehead atoms. The van der Waals surface area contributed by atoms with Gasteiger partial charge in [0.25, 0.3) is 5.91 Å². The van der Waals surface area contributed by atoms with Gasteiger partial charge >= 0.3 is 12.3 Å². The molecule has 14 heteroatoms. The molecule has 4 N–H and O–H groups in total. The number of hydrogen-bond acceptors (Lipinski definition) is 7. The largest absolute Gasteiger partial charge is 0.434 e. The monoisotopic (exact) mass is 706 g/mol. The Bertz CT molecular complexity index is 1480. The van der Waals surface area contributed by atoms with Crippen molar-refractivity contribution in [3.05, 3.63) is 35.9 Å². The lowest BCUT2D eigenvalue weighted by molar-refractivity contribution is -0.244. The molecule has 1 aromatic carbocycles. The van der Waals surface area contributed by atoms with Crippen molar-refractivity contribution in [2.45, 2.75) is 105 Å². The van der Waals surface area contributed by atoms with Crippen LogP contribution in [0.1, 0.15) is 79.7 Å². The van der Waals surface area contributed by atoms with Gasteiger partial charge in [-0.05, 0) is 60.8 Å². The normalized spacial score (nSPS) is 23.8. The highest BCUT2D eigenvalue weighted by atomic mass is 19.4. The Kier molecular flexibility index (Phi) is 11.1. The average molecular weight is 707 g/mol. The van der Waals surface area contributed by atoms with Crippen LogP contribution in [-0.4, -0.2) is 65.8 Å². The molecule has 0 saturated heterocycles. The summed E-state index contributed by atoms with van der Waals surface area (Å²) in [6.07, 6.45) is -4.09. The Labute approximate surface area is 290 Å². The topological polar surface area (TPSA) is 160 Å². The molecule has 4 rings (SSSR count). The van der Waals surface area contributed by atoms with Gasteiger partial charge in [0.2, 0.25) is 23.2 Å². The van der Waals surface area contributed by atoms with Gasteiger partial charge < -0.3 is 26.0 Å². The summed E-state index contributed by atoms with van der Waals surface area (Å²) in [5, 5.41) is 10.1. The first kappa shape index (κ1) is 38.8. The number of ketones is 2. The number of ether oxygens (including phenoxy) is 1. The summed E-state index contributed by atoms with van der Waals surface area (Å²) >= 11 is 0. The summed E-state index contributed by atoms with van der Waals surface area (Å²) in [6, 6.07) is 6.67. The summed E-state index contributed by atoms with van der Waals surface area (Å²) in [4.78, 5) is 79.5. The SMILES string of the molecule is CC(C)(C)[C@H](NC(=O)OC(C)(C)C(F)(F)F)C(=O)C1C[C@H]2[C@@H]([C@H]1C(=O)NC(CC1CC1)C(=O)C(=O)NCC(=O)NCc1ccccc1)C2(C)C. The number of halogens is 3. The molecule has 0 aliphatic heterocycles. The van der Waals surface area contributed by atoms with E-state index in [1.165, 1.54) is 0 Å². The number of rotatable bonds is 14. The number of amides is 4. The van der Waals surface area contributed by atoms with Crippen LogP contribution in [0.2, 0.25) is 0 Å².